The van der Waals surface area contributed by atoms with Gasteiger partial charge in [-0.2, -0.15) is 0 Å². The third-order valence-corrected chi connectivity index (χ3v) is 10.0. The molecule has 0 radical (unpaired) electrons. The van der Waals surface area contributed by atoms with E-state index in [-0.39, 0.29) is 17.2 Å². The minimum atomic E-state index is -1.10. The number of piperidine rings is 3. The van der Waals surface area contributed by atoms with Crippen molar-refractivity contribution in [3.05, 3.63) is 100 Å². The van der Waals surface area contributed by atoms with Crippen LogP contribution in [0.2, 0.25) is 0 Å². The number of pyridine rings is 1. The maximum absolute atomic E-state index is 14.3. The molecule has 3 saturated heterocycles. The number of unbranched alkanes of at least 4 members (excludes halogenated alkanes) is 3. The number of carboxylic acid groups (broad SMARTS) is 1. The Morgan fingerprint density at radius 2 is 1.82 bits per heavy atom. The monoisotopic (exact) mass is 672 g/mol. The fourth-order valence-corrected chi connectivity index (χ4v) is 7.55. The SMILES string of the molecule is O=C(O)N(c1cccc(F)c1)[C@@H](c1cccc(OCCCCCCNC[C@H](O)c2ccc(O)c3[nH]c(=O)ccc23)c1)C1CN2CCC1CC2. The number of aromatic nitrogens is 1. The maximum Gasteiger partial charge on any atom is 0.412 e. The Hall–Kier alpha value is -4.45. The number of phenols is 1. The van der Waals surface area contributed by atoms with Gasteiger partial charge >= 0.3 is 6.09 Å². The first-order valence-electron chi connectivity index (χ1n) is 17.2. The minimum Gasteiger partial charge on any atom is -0.506 e. The quantitative estimate of drug-likeness (QED) is 0.0942. The molecule has 3 aliphatic rings. The Kier molecular flexibility index (Phi) is 11.1. The van der Waals surface area contributed by atoms with Crippen molar-refractivity contribution in [1.82, 2.24) is 15.2 Å². The number of aromatic hydroxyl groups is 1. The highest BCUT2D eigenvalue weighted by atomic mass is 19.1. The normalized spacial score (nSPS) is 19.8. The van der Waals surface area contributed by atoms with Crippen molar-refractivity contribution in [2.24, 2.45) is 11.8 Å². The van der Waals surface area contributed by atoms with E-state index in [0.29, 0.717) is 47.0 Å². The van der Waals surface area contributed by atoms with E-state index in [1.807, 2.05) is 24.3 Å². The molecule has 5 N–H and O–H groups in total. The number of benzene rings is 3. The summed E-state index contributed by atoms with van der Waals surface area (Å²) in [5.74, 6) is 0.664. The lowest BCUT2D eigenvalue weighted by atomic mass is 9.73. The van der Waals surface area contributed by atoms with Crippen LogP contribution in [0.4, 0.5) is 14.9 Å². The molecule has 0 saturated carbocycles. The number of aliphatic hydroxyl groups is 1. The summed E-state index contributed by atoms with van der Waals surface area (Å²) in [6, 6.07) is 19.2. The number of fused-ring (bicyclic) bond motifs is 4. The van der Waals surface area contributed by atoms with Gasteiger partial charge in [-0.05, 0) is 111 Å². The molecule has 260 valence electrons. The fraction of sp³-hybridized carbons (Fsp3) is 0.421. The van der Waals surface area contributed by atoms with Crippen LogP contribution >= 0.6 is 0 Å². The van der Waals surface area contributed by atoms with E-state index in [9.17, 15) is 29.3 Å². The lowest BCUT2D eigenvalue weighted by Crippen LogP contribution is -2.53. The molecule has 0 aliphatic carbocycles. The predicted octanol–water partition coefficient (Wildman–Crippen LogP) is 6.20. The average Bonchev–Trinajstić information content (AvgIpc) is 3.10. The first-order valence-corrected chi connectivity index (χ1v) is 17.2. The Morgan fingerprint density at radius 3 is 2.57 bits per heavy atom. The van der Waals surface area contributed by atoms with Gasteiger partial charge in [-0.1, -0.05) is 37.1 Å². The number of nitrogens with zero attached hydrogens (tertiary/aromatic N) is 2. The van der Waals surface area contributed by atoms with Crippen molar-refractivity contribution < 1.29 is 29.2 Å². The summed E-state index contributed by atoms with van der Waals surface area (Å²) in [4.78, 5) is 30.8. The van der Waals surface area contributed by atoms with E-state index < -0.39 is 24.1 Å². The maximum atomic E-state index is 14.3. The number of aliphatic hydroxyl groups excluding tert-OH is 1. The van der Waals surface area contributed by atoms with Crippen molar-refractivity contribution in [1.29, 1.82) is 0 Å². The van der Waals surface area contributed by atoms with E-state index in [0.717, 1.165) is 70.3 Å². The van der Waals surface area contributed by atoms with Crippen LogP contribution in [0.1, 0.15) is 61.8 Å². The van der Waals surface area contributed by atoms with Crippen LogP contribution in [-0.4, -0.2) is 70.6 Å². The Morgan fingerprint density at radius 1 is 1.02 bits per heavy atom. The molecule has 3 fully saturated rings. The average molecular weight is 673 g/mol. The molecule has 1 aromatic heterocycles. The van der Waals surface area contributed by atoms with Crippen molar-refractivity contribution in [3.63, 3.8) is 0 Å². The first-order chi connectivity index (χ1) is 23.8. The second-order valence-corrected chi connectivity index (χ2v) is 13.2. The largest absolute Gasteiger partial charge is 0.506 e. The van der Waals surface area contributed by atoms with Gasteiger partial charge in [0, 0.05) is 24.5 Å². The van der Waals surface area contributed by atoms with Gasteiger partial charge < -0.3 is 35.3 Å². The molecule has 3 aliphatic heterocycles. The van der Waals surface area contributed by atoms with Gasteiger partial charge in [-0.3, -0.25) is 9.69 Å². The smallest absolute Gasteiger partial charge is 0.412 e. The minimum absolute atomic E-state index is 0.0346. The van der Waals surface area contributed by atoms with Gasteiger partial charge in [0.05, 0.1) is 30.0 Å². The molecule has 1 unspecified atom stereocenters. The molecule has 1 amide bonds. The number of anilines is 1. The summed E-state index contributed by atoms with van der Waals surface area (Å²) < 4.78 is 20.4. The van der Waals surface area contributed by atoms with Crippen LogP contribution in [0, 0.1) is 17.7 Å². The summed E-state index contributed by atoms with van der Waals surface area (Å²) in [7, 11) is 0. The van der Waals surface area contributed by atoms with Crippen molar-refractivity contribution in [3.8, 4) is 11.5 Å². The number of phenolic OH excluding ortho intramolecular Hbond substituents is 1. The summed E-state index contributed by atoms with van der Waals surface area (Å²) in [6.07, 6.45) is 3.91. The van der Waals surface area contributed by atoms with E-state index in [1.165, 1.54) is 29.2 Å². The van der Waals surface area contributed by atoms with E-state index >= 15 is 0 Å². The number of carbonyl (C=O) groups is 1. The molecule has 4 aromatic rings. The van der Waals surface area contributed by atoms with Crippen LogP contribution in [0.3, 0.4) is 0 Å². The number of aromatic amines is 1. The summed E-state index contributed by atoms with van der Waals surface area (Å²) >= 11 is 0. The molecule has 0 spiro atoms. The second-order valence-electron chi connectivity index (χ2n) is 13.2. The lowest BCUT2D eigenvalue weighted by Gasteiger charge is -2.49. The molecule has 10 nitrogen and oxygen atoms in total. The van der Waals surface area contributed by atoms with E-state index in [1.54, 1.807) is 24.3 Å². The van der Waals surface area contributed by atoms with Gasteiger partial charge in [0.2, 0.25) is 5.56 Å². The van der Waals surface area contributed by atoms with Gasteiger partial charge in [0.1, 0.15) is 17.3 Å². The third-order valence-electron chi connectivity index (χ3n) is 10.0. The van der Waals surface area contributed by atoms with Crippen LogP contribution in [-0.2, 0) is 0 Å². The topological polar surface area (TPSA) is 138 Å². The number of nitrogens with one attached hydrogen (secondary N) is 2. The fourth-order valence-electron chi connectivity index (χ4n) is 7.55. The Labute approximate surface area is 285 Å². The Bertz CT molecular complexity index is 1790. The standard InChI is InChI=1S/C38H45FN4O6/c39-27-8-6-9-28(22-27)43(38(47)48)37(32-24-42-18-15-25(32)16-19-42)26-7-5-10-29(21-26)49-20-4-2-1-3-17-40-23-34(45)30-11-13-33(44)36-31(30)12-14-35(46)41-36/h5-14,21-22,25,32,34,37,40,44-45H,1-4,15-20,23-24H2,(H,41,46)(H,47,48)/t32?,34-,37-/m0/s1. The molecule has 7 rings (SSSR count). The zero-order valence-corrected chi connectivity index (χ0v) is 27.6. The number of amides is 1. The molecule has 3 aromatic carbocycles. The number of rotatable bonds is 15. The molecular weight excluding hydrogens is 627 g/mol. The zero-order valence-electron chi connectivity index (χ0n) is 27.6. The molecule has 3 atom stereocenters. The highest BCUT2D eigenvalue weighted by Crippen LogP contribution is 2.44. The van der Waals surface area contributed by atoms with Gasteiger partial charge in [0.25, 0.3) is 0 Å². The molecule has 11 heteroatoms. The molecule has 49 heavy (non-hydrogen) atoms. The Balaban J connectivity index is 0.998. The summed E-state index contributed by atoms with van der Waals surface area (Å²) in [5, 5.41) is 35.2. The second kappa shape index (κ2) is 15.8. The van der Waals surface area contributed by atoms with Gasteiger partial charge in [0.15, 0.2) is 0 Å². The third kappa shape index (κ3) is 8.24. The molecular formula is C38H45FN4O6. The zero-order chi connectivity index (χ0) is 34.3. The van der Waals surface area contributed by atoms with Crippen molar-refractivity contribution in [2.45, 2.75) is 50.7 Å². The number of H-pyrrole nitrogens is 1. The highest BCUT2D eigenvalue weighted by Gasteiger charge is 2.43. The van der Waals surface area contributed by atoms with E-state index in [4.69, 9.17) is 4.74 Å². The number of hydrogen-bond acceptors (Lipinski definition) is 7. The number of ether oxygens (including phenoxy) is 1. The van der Waals surface area contributed by atoms with Crippen LogP contribution in [0.15, 0.2) is 77.6 Å². The van der Waals surface area contributed by atoms with Crippen molar-refractivity contribution >= 4 is 22.7 Å². The first kappa shape index (κ1) is 34.4. The summed E-state index contributed by atoms with van der Waals surface area (Å²) in [6.45, 7) is 4.48. The lowest BCUT2D eigenvalue weighted by molar-refractivity contribution is 0.0358. The highest BCUT2D eigenvalue weighted by molar-refractivity contribution is 5.88. The number of hydrogen-bond donors (Lipinski definition) is 5. The molecule has 2 bridgehead atoms. The van der Waals surface area contributed by atoms with Crippen molar-refractivity contribution in [2.75, 3.05) is 44.2 Å². The van der Waals surface area contributed by atoms with Crippen LogP contribution in [0.5, 0.6) is 11.5 Å². The van der Waals surface area contributed by atoms with E-state index in [2.05, 4.69) is 15.2 Å². The van der Waals surface area contributed by atoms with Crippen LogP contribution in [0.25, 0.3) is 10.9 Å². The summed E-state index contributed by atoms with van der Waals surface area (Å²) in [5.41, 5.74) is 1.82. The predicted molar refractivity (Wildman–Crippen MR) is 187 cm³/mol. The van der Waals surface area contributed by atoms with Gasteiger partial charge in [-0.25, -0.2) is 9.18 Å². The number of halogens is 1. The van der Waals surface area contributed by atoms with Gasteiger partial charge in [-0.15, -0.1) is 0 Å². The van der Waals surface area contributed by atoms with Crippen LogP contribution < -0.4 is 20.5 Å². The molecule has 4 heterocycles.